The highest BCUT2D eigenvalue weighted by Crippen LogP contribution is 2.28. The molecule has 1 heterocycles. The summed E-state index contributed by atoms with van der Waals surface area (Å²) in [5, 5.41) is 12.7. The first-order valence-electron chi connectivity index (χ1n) is 3.50. The number of carboxylic acid groups (broad SMARTS) is 1. The normalized spacial score (nSPS) is 10.8. The average molecular weight is 223 g/mol. The summed E-state index contributed by atoms with van der Waals surface area (Å²) in [6, 6.07) is 0. The summed E-state index contributed by atoms with van der Waals surface area (Å²) in [7, 11) is 1.64. The molecule has 4 nitrogen and oxygen atoms in total. The zero-order valence-corrected chi connectivity index (χ0v) is 8.60. The fraction of sp³-hybridized carbons (Fsp3) is 0.429. The highest BCUT2D eigenvalue weighted by Gasteiger charge is 2.23. The Bertz CT molecular complexity index is 347. The van der Waals surface area contributed by atoms with Crippen LogP contribution in [0.1, 0.15) is 26.6 Å². The lowest BCUT2D eigenvalue weighted by Crippen LogP contribution is -2.02. The lowest BCUT2D eigenvalue weighted by molar-refractivity contribution is 0.0695. The van der Waals surface area contributed by atoms with Crippen molar-refractivity contribution in [3.8, 4) is 0 Å². The minimum atomic E-state index is -1.06. The van der Waals surface area contributed by atoms with Crippen molar-refractivity contribution in [1.29, 1.82) is 0 Å². The molecule has 1 rings (SSSR count). The first-order chi connectivity index (χ1) is 5.95. The van der Waals surface area contributed by atoms with Crippen LogP contribution in [0.15, 0.2) is 0 Å². The minimum absolute atomic E-state index is 0.0810. The maximum absolute atomic E-state index is 10.8. The summed E-state index contributed by atoms with van der Waals surface area (Å²) in [5.41, 5.74) is 0.808. The van der Waals surface area contributed by atoms with Crippen LogP contribution < -0.4 is 0 Å². The van der Waals surface area contributed by atoms with Gasteiger partial charge in [0.1, 0.15) is 11.3 Å². The molecule has 0 unspecified atom stereocenters. The van der Waals surface area contributed by atoms with Crippen LogP contribution >= 0.6 is 23.2 Å². The van der Waals surface area contributed by atoms with Gasteiger partial charge < -0.3 is 5.11 Å². The molecule has 0 atom stereocenters. The van der Waals surface area contributed by atoms with Crippen LogP contribution in [0.3, 0.4) is 0 Å². The van der Waals surface area contributed by atoms with E-state index in [0.29, 0.717) is 5.69 Å². The number of alkyl halides is 2. The fourth-order valence-electron chi connectivity index (χ4n) is 1.05. The standard InChI is InChI=1S/C7H8Cl2N2O2/c1-3-4(7(12)13)5(6(8)9)10-11(3)2/h6H,1-2H3,(H,12,13). The third kappa shape index (κ3) is 1.78. The first-order valence-corrected chi connectivity index (χ1v) is 4.37. The molecule has 0 saturated heterocycles. The van der Waals surface area contributed by atoms with E-state index in [1.807, 2.05) is 0 Å². The van der Waals surface area contributed by atoms with Crippen molar-refractivity contribution >= 4 is 29.2 Å². The van der Waals surface area contributed by atoms with Crippen LogP contribution in [0.4, 0.5) is 0 Å². The van der Waals surface area contributed by atoms with Gasteiger partial charge in [-0.1, -0.05) is 23.2 Å². The van der Waals surface area contributed by atoms with Gasteiger partial charge in [-0.2, -0.15) is 5.10 Å². The lowest BCUT2D eigenvalue weighted by atomic mass is 10.2. The second kappa shape index (κ2) is 3.55. The third-order valence-electron chi connectivity index (χ3n) is 1.78. The zero-order chi connectivity index (χ0) is 10.2. The molecule has 0 aliphatic carbocycles. The van der Waals surface area contributed by atoms with Crippen molar-refractivity contribution in [1.82, 2.24) is 9.78 Å². The van der Waals surface area contributed by atoms with Crippen LogP contribution in [0.25, 0.3) is 0 Å². The molecular weight excluding hydrogens is 215 g/mol. The molecule has 0 saturated carbocycles. The Kier molecular flexibility index (Phi) is 2.83. The van der Waals surface area contributed by atoms with Crippen molar-refractivity contribution in [2.45, 2.75) is 11.8 Å². The van der Waals surface area contributed by atoms with E-state index in [-0.39, 0.29) is 11.3 Å². The Morgan fingerprint density at radius 3 is 2.46 bits per heavy atom. The van der Waals surface area contributed by atoms with Gasteiger partial charge in [-0.15, -0.1) is 0 Å². The number of aryl methyl sites for hydroxylation is 1. The number of carbonyl (C=O) groups is 1. The van der Waals surface area contributed by atoms with E-state index in [1.165, 1.54) is 4.68 Å². The predicted molar refractivity (Wildman–Crippen MR) is 49.4 cm³/mol. The smallest absolute Gasteiger partial charge is 0.339 e. The number of aromatic carboxylic acids is 1. The average Bonchev–Trinajstić information content (AvgIpc) is 2.28. The Balaban J connectivity index is 3.35. The largest absolute Gasteiger partial charge is 0.478 e. The quantitative estimate of drug-likeness (QED) is 0.779. The summed E-state index contributed by atoms with van der Waals surface area (Å²) in [5.74, 6) is -1.06. The highest BCUT2D eigenvalue weighted by atomic mass is 35.5. The molecule has 0 amide bonds. The van der Waals surface area contributed by atoms with Crippen molar-refractivity contribution in [2.75, 3.05) is 0 Å². The van der Waals surface area contributed by atoms with E-state index < -0.39 is 10.8 Å². The first kappa shape index (κ1) is 10.3. The number of hydrogen-bond donors (Lipinski definition) is 1. The summed E-state index contributed by atoms with van der Waals surface area (Å²) in [6.07, 6.45) is 0. The minimum Gasteiger partial charge on any atom is -0.478 e. The molecule has 6 heteroatoms. The van der Waals surface area contributed by atoms with E-state index in [2.05, 4.69) is 5.10 Å². The van der Waals surface area contributed by atoms with Gasteiger partial charge in [0.05, 0.1) is 0 Å². The van der Waals surface area contributed by atoms with Gasteiger partial charge in [-0.05, 0) is 6.92 Å². The lowest BCUT2D eigenvalue weighted by Gasteiger charge is -1.97. The molecule has 1 N–H and O–H groups in total. The van der Waals surface area contributed by atoms with Crippen LogP contribution in [0, 0.1) is 6.92 Å². The number of carboxylic acids is 1. The summed E-state index contributed by atoms with van der Waals surface area (Å²) in [4.78, 5) is 9.88. The highest BCUT2D eigenvalue weighted by molar-refractivity contribution is 6.44. The van der Waals surface area contributed by atoms with Gasteiger partial charge in [-0.3, -0.25) is 4.68 Å². The zero-order valence-electron chi connectivity index (χ0n) is 7.08. The molecule has 0 fully saturated rings. The van der Waals surface area contributed by atoms with E-state index >= 15 is 0 Å². The van der Waals surface area contributed by atoms with Crippen LogP contribution in [0.2, 0.25) is 0 Å². The Morgan fingerprint density at radius 2 is 2.15 bits per heavy atom. The molecule has 1 aromatic heterocycles. The molecule has 0 aromatic carbocycles. The van der Waals surface area contributed by atoms with Crippen molar-refractivity contribution < 1.29 is 9.90 Å². The topological polar surface area (TPSA) is 55.1 Å². The SMILES string of the molecule is Cc1c(C(=O)O)c(C(Cl)Cl)nn1C. The second-order valence-electron chi connectivity index (χ2n) is 2.58. The molecule has 13 heavy (non-hydrogen) atoms. The van der Waals surface area contributed by atoms with Crippen molar-refractivity contribution in [3.63, 3.8) is 0 Å². The van der Waals surface area contributed by atoms with E-state index in [1.54, 1.807) is 14.0 Å². The van der Waals surface area contributed by atoms with Crippen molar-refractivity contribution in [3.05, 3.63) is 17.0 Å². The second-order valence-corrected chi connectivity index (χ2v) is 3.67. The maximum atomic E-state index is 10.8. The van der Waals surface area contributed by atoms with E-state index in [9.17, 15) is 4.79 Å². The fourth-order valence-corrected chi connectivity index (χ4v) is 1.36. The monoisotopic (exact) mass is 222 g/mol. The predicted octanol–water partition coefficient (Wildman–Crippen LogP) is 1.90. The van der Waals surface area contributed by atoms with Gasteiger partial charge in [0.15, 0.2) is 4.84 Å². The third-order valence-corrected chi connectivity index (χ3v) is 2.20. The molecule has 0 bridgehead atoms. The van der Waals surface area contributed by atoms with Gasteiger partial charge in [0, 0.05) is 12.7 Å². The molecule has 0 radical (unpaired) electrons. The Morgan fingerprint density at radius 1 is 1.62 bits per heavy atom. The summed E-state index contributed by atoms with van der Waals surface area (Å²) >= 11 is 11.1. The number of hydrogen-bond acceptors (Lipinski definition) is 2. The number of halogens is 2. The van der Waals surface area contributed by atoms with Gasteiger partial charge in [-0.25, -0.2) is 4.79 Å². The van der Waals surface area contributed by atoms with Crippen molar-refractivity contribution in [2.24, 2.45) is 7.05 Å². The number of aromatic nitrogens is 2. The molecular formula is C7H8Cl2N2O2. The van der Waals surface area contributed by atoms with Gasteiger partial charge in [0.25, 0.3) is 0 Å². The van der Waals surface area contributed by atoms with Crippen LogP contribution in [0.5, 0.6) is 0 Å². The summed E-state index contributed by atoms with van der Waals surface area (Å²) in [6.45, 7) is 1.65. The molecule has 1 aromatic rings. The number of rotatable bonds is 2. The summed E-state index contributed by atoms with van der Waals surface area (Å²) < 4.78 is 1.44. The molecule has 0 aliphatic heterocycles. The number of nitrogens with zero attached hydrogens (tertiary/aromatic N) is 2. The Labute approximate surface area is 85.1 Å². The van der Waals surface area contributed by atoms with E-state index in [0.717, 1.165) is 0 Å². The van der Waals surface area contributed by atoms with Gasteiger partial charge >= 0.3 is 5.97 Å². The molecule has 0 aliphatic rings. The van der Waals surface area contributed by atoms with Crippen LogP contribution in [-0.4, -0.2) is 20.9 Å². The molecule has 0 spiro atoms. The van der Waals surface area contributed by atoms with Gasteiger partial charge in [0.2, 0.25) is 0 Å². The Hall–Kier alpha value is -0.740. The molecule has 72 valence electrons. The maximum Gasteiger partial charge on any atom is 0.339 e. The van der Waals surface area contributed by atoms with E-state index in [4.69, 9.17) is 28.3 Å². The van der Waals surface area contributed by atoms with Crippen LogP contribution in [-0.2, 0) is 7.05 Å².